The summed E-state index contributed by atoms with van der Waals surface area (Å²) in [6, 6.07) is 10.9. The first kappa shape index (κ1) is 19.0. The van der Waals surface area contributed by atoms with E-state index >= 15 is 0 Å². The van der Waals surface area contributed by atoms with Crippen molar-refractivity contribution in [3.8, 4) is 16.3 Å². The zero-order valence-electron chi connectivity index (χ0n) is 14.8. The summed E-state index contributed by atoms with van der Waals surface area (Å²) in [6.45, 7) is 3.92. The molecule has 0 atom stereocenters. The van der Waals surface area contributed by atoms with E-state index in [2.05, 4.69) is 10.3 Å². The Bertz CT molecular complexity index is 939. The van der Waals surface area contributed by atoms with Gasteiger partial charge in [-0.2, -0.15) is 0 Å². The van der Waals surface area contributed by atoms with Crippen molar-refractivity contribution < 1.29 is 18.3 Å². The third-order valence-corrected chi connectivity index (χ3v) is 4.54. The van der Waals surface area contributed by atoms with Gasteiger partial charge in [-0.05, 0) is 55.8 Å². The maximum Gasteiger partial charge on any atom is 0.270 e. The van der Waals surface area contributed by atoms with Crippen molar-refractivity contribution in [2.45, 2.75) is 26.5 Å². The number of amides is 1. The van der Waals surface area contributed by atoms with E-state index in [-0.39, 0.29) is 18.6 Å². The smallest absolute Gasteiger partial charge is 0.270 e. The van der Waals surface area contributed by atoms with Crippen molar-refractivity contribution >= 4 is 17.2 Å². The van der Waals surface area contributed by atoms with Crippen LogP contribution in [0.3, 0.4) is 0 Å². The number of aromatic nitrogens is 1. The Morgan fingerprint density at radius 3 is 2.56 bits per heavy atom. The lowest BCUT2D eigenvalue weighted by Gasteiger charge is -2.07. The average Bonchev–Trinajstić information content (AvgIpc) is 3.13. The predicted molar refractivity (Wildman–Crippen MR) is 101 cm³/mol. The highest BCUT2D eigenvalue weighted by Crippen LogP contribution is 2.26. The number of hydrogen-bond donors (Lipinski definition) is 1. The SMILES string of the molecule is CC(C)NC(=O)c1csc(-c2ccc(OCc3ccc(F)c(F)c3)cc2)n1. The Kier molecular flexibility index (Phi) is 5.81. The van der Waals surface area contributed by atoms with E-state index in [1.165, 1.54) is 17.4 Å². The van der Waals surface area contributed by atoms with Crippen molar-refractivity contribution in [1.29, 1.82) is 0 Å². The highest BCUT2D eigenvalue weighted by molar-refractivity contribution is 7.13. The molecule has 3 rings (SSSR count). The summed E-state index contributed by atoms with van der Waals surface area (Å²) < 4.78 is 31.7. The minimum absolute atomic E-state index is 0.0497. The molecular weight excluding hydrogens is 370 g/mol. The number of rotatable bonds is 6. The largest absolute Gasteiger partial charge is 0.489 e. The zero-order valence-corrected chi connectivity index (χ0v) is 15.6. The Morgan fingerprint density at radius 2 is 1.89 bits per heavy atom. The van der Waals surface area contributed by atoms with E-state index in [1.54, 1.807) is 17.5 Å². The van der Waals surface area contributed by atoms with Crippen molar-refractivity contribution in [3.63, 3.8) is 0 Å². The van der Waals surface area contributed by atoms with Gasteiger partial charge in [0.1, 0.15) is 23.1 Å². The molecule has 0 fully saturated rings. The van der Waals surface area contributed by atoms with Crippen LogP contribution in [0.2, 0.25) is 0 Å². The molecule has 0 saturated heterocycles. The molecule has 1 heterocycles. The molecule has 0 radical (unpaired) electrons. The van der Waals surface area contributed by atoms with Crippen LogP contribution >= 0.6 is 11.3 Å². The molecule has 27 heavy (non-hydrogen) atoms. The molecule has 1 N–H and O–H groups in total. The second kappa shape index (κ2) is 8.26. The molecule has 0 aliphatic rings. The molecule has 0 aliphatic heterocycles. The van der Waals surface area contributed by atoms with Crippen LogP contribution in [-0.2, 0) is 6.61 Å². The summed E-state index contributed by atoms with van der Waals surface area (Å²) in [5, 5.41) is 5.26. The van der Waals surface area contributed by atoms with E-state index in [0.717, 1.165) is 22.7 Å². The second-order valence-electron chi connectivity index (χ2n) is 6.23. The van der Waals surface area contributed by atoms with E-state index in [0.29, 0.717) is 17.0 Å². The van der Waals surface area contributed by atoms with Gasteiger partial charge in [0.05, 0.1) is 0 Å². The fraction of sp³-hybridized carbons (Fsp3) is 0.200. The van der Waals surface area contributed by atoms with Crippen LogP contribution in [0, 0.1) is 11.6 Å². The van der Waals surface area contributed by atoms with Gasteiger partial charge in [-0.25, -0.2) is 13.8 Å². The zero-order chi connectivity index (χ0) is 19.4. The standard InChI is InChI=1S/C20H18F2N2O2S/c1-12(2)23-19(25)18-11-27-20(24-18)14-4-6-15(7-5-14)26-10-13-3-8-16(21)17(22)9-13/h3-9,11-12H,10H2,1-2H3,(H,23,25). The summed E-state index contributed by atoms with van der Waals surface area (Å²) >= 11 is 1.39. The number of thiazole rings is 1. The number of carbonyl (C=O) groups is 1. The Hall–Kier alpha value is -2.80. The topological polar surface area (TPSA) is 51.2 Å². The van der Waals surface area contributed by atoms with Gasteiger partial charge in [-0.1, -0.05) is 6.07 Å². The van der Waals surface area contributed by atoms with Crippen LogP contribution in [0.4, 0.5) is 8.78 Å². The molecule has 1 aromatic heterocycles. The number of benzene rings is 2. The van der Waals surface area contributed by atoms with Gasteiger partial charge in [0, 0.05) is 17.0 Å². The fourth-order valence-electron chi connectivity index (χ4n) is 2.34. The second-order valence-corrected chi connectivity index (χ2v) is 7.09. The summed E-state index contributed by atoms with van der Waals surface area (Å²) in [4.78, 5) is 16.3. The molecule has 0 saturated carbocycles. The van der Waals surface area contributed by atoms with Gasteiger partial charge in [0.25, 0.3) is 5.91 Å². The van der Waals surface area contributed by atoms with Crippen molar-refractivity contribution in [3.05, 3.63) is 70.7 Å². The van der Waals surface area contributed by atoms with Gasteiger partial charge in [-0.15, -0.1) is 11.3 Å². The molecule has 0 aliphatic carbocycles. The lowest BCUT2D eigenvalue weighted by atomic mass is 10.2. The summed E-state index contributed by atoms with van der Waals surface area (Å²) in [5.74, 6) is -1.38. The first-order valence-corrected chi connectivity index (χ1v) is 9.24. The normalized spacial score (nSPS) is 10.9. The minimum atomic E-state index is -0.896. The number of hydrogen-bond acceptors (Lipinski definition) is 4. The molecule has 2 aromatic carbocycles. The third kappa shape index (κ3) is 4.89. The monoisotopic (exact) mass is 388 g/mol. The van der Waals surface area contributed by atoms with Gasteiger partial charge in [0.15, 0.2) is 11.6 Å². The Balaban J connectivity index is 1.64. The van der Waals surface area contributed by atoms with E-state index in [1.807, 2.05) is 26.0 Å². The van der Waals surface area contributed by atoms with Crippen LogP contribution in [0.15, 0.2) is 47.8 Å². The van der Waals surface area contributed by atoms with Gasteiger partial charge in [0.2, 0.25) is 0 Å². The lowest BCUT2D eigenvalue weighted by molar-refractivity contribution is 0.0939. The maximum absolute atomic E-state index is 13.2. The van der Waals surface area contributed by atoms with E-state index in [9.17, 15) is 13.6 Å². The van der Waals surface area contributed by atoms with Crippen LogP contribution in [-0.4, -0.2) is 16.9 Å². The number of nitrogens with zero attached hydrogens (tertiary/aromatic N) is 1. The predicted octanol–water partition coefficient (Wildman–Crippen LogP) is 4.81. The number of ether oxygens (including phenoxy) is 1. The Morgan fingerprint density at radius 1 is 1.15 bits per heavy atom. The molecule has 1 amide bonds. The maximum atomic E-state index is 13.2. The van der Waals surface area contributed by atoms with E-state index in [4.69, 9.17) is 4.74 Å². The molecule has 3 aromatic rings. The molecule has 140 valence electrons. The van der Waals surface area contributed by atoms with Crippen LogP contribution in [0.5, 0.6) is 5.75 Å². The molecular formula is C20H18F2N2O2S. The van der Waals surface area contributed by atoms with Crippen molar-refractivity contribution in [1.82, 2.24) is 10.3 Å². The quantitative estimate of drug-likeness (QED) is 0.660. The minimum Gasteiger partial charge on any atom is -0.489 e. The molecule has 0 unspecified atom stereocenters. The van der Waals surface area contributed by atoms with Crippen LogP contribution in [0.25, 0.3) is 10.6 Å². The molecule has 0 bridgehead atoms. The van der Waals surface area contributed by atoms with Gasteiger partial charge < -0.3 is 10.1 Å². The number of carbonyl (C=O) groups excluding carboxylic acids is 1. The van der Waals surface area contributed by atoms with Crippen molar-refractivity contribution in [2.75, 3.05) is 0 Å². The number of halogens is 2. The van der Waals surface area contributed by atoms with E-state index < -0.39 is 11.6 Å². The average molecular weight is 388 g/mol. The number of nitrogens with one attached hydrogen (secondary N) is 1. The first-order chi connectivity index (χ1) is 12.9. The Labute approximate surface area is 159 Å². The summed E-state index contributed by atoms with van der Waals surface area (Å²) in [7, 11) is 0. The van der Waals surface area contributed by atoms with Gasteiger partial charge >= 0.3 is 0 Å². The molecule has 7 heteroatoms. The lowest BCUT2D eigenvalue weighted by Crippen LogP contribution is -2.30. The fourth-order valence-corrected chi connectivity index (χ4v) is 3.14. The van der Waals surface area contributed by atoms with Crippen molar-refractivity contribution in [2.24, 2.45) is 0 Å². The summed E-state index contributed by atoms with van der Waals surface area (Å²) in [5.41, 5.74) is 1.80. The first-order valence-electron chi connectivity index (χ1n) is 8.36. The highest BCUT2D eigenvalue weighted by atomic mass is 32.1. The summed E-state index contributed by atoms with van der Waals surface area (Å²) in [6.07, 6.45) is 0. The van der Waals surface area contributed by atoms with Crippen LogP contribution in [0.1, 0.15) is 29.9 Å². The molecule has 0 spiro atoms. The molecule has 4 nitrogen and oxygen atoms in total. The third-order valence-electron chi connectivity index (χ3n) is 3.65. The van der Waals surface area contributed by atoms with Gasteiger partial charge in [-0.3, -0.25) is 4.79 Å². The highest BCUT2D eigenvalue weighted by Gasteiger charge is 2.12. The van der Waals surface area contributed by atoms with Crippen LogP contribution < -0.4 is 10.1 Å².